The first-order valence-electron chi connectivity index (χ1n) is 11.5. The molecule has 204 valence electrons. The first-order valence-corrected chi connectivity index (χ1v) is 13.0. The van der Waals surface area contributed by atoms with E-state index in [0.29, 0.717) is 40.3 Å². The van der Waals surface area contributed by atoms with Crippen LogP contribution >= 0.6 is 12.4 Å². The number of pyridine rings is 1. The van der Waals surface area contributed by atoms with Crippen molar-refractivity contribution in [2.75, 3.05) is 20.0 Å². The van der Waals surface area contributed by atoms with Crippen molar-refractivity contribution in [2.24, 2.45) is 0 Å². The molecular formula is C28H28ClN3O6S. The van der Waals surface area contributed by atoms with Gasteiger partial charge >= 0.3 is 0 Å². The second-order valence-electron chi connectivity index (χ2n) is 8.54. The van der Waals surface area contributed by atoms with Gasteiger partial charge in [-0.1, -0.05) is 12.1 Å². The van der Waals surface area contributed by atoms with Crippen molar-refractivity contribution in [1.29, 1.82) is 0 Å². The summed E-state index contributed by atoms with van der Waals surface area (Å²) in [7, 11) is -1.11. The lowest BCUT2D eigenvalue weighted by atomic mass is 9.94. The number of aryl methyl sites for hydroxylation is 1. The van der Waals surface area contributed by atoms with Crippen LogP contribution in [0.1, 0.15) is 27.0 Å². The van der Waals surface area contributed by atoms with E-state index in [1.165, 1.54) is 37.4 Å². The smallest absolute Gasteiger partial charge is 0.276 e. The average molecular weight is 570 g/mol. The van der Waals surface area contributed by atoms with Gasteiger partial charge in [0.05, 0.1) is 29.6 Å². The molecule has 1 heterocycles. The number of ether oxygens (including phenoxy) is 2. The highest BCUT2D eigenvalue weighted by Gasteiger charge is 2.28. The Balaban J connectivity index is 0.00000420. The Morgan fingerprint density at radius 1 is 1.05 bits per heavy atom. The number of nitrogen functional groups attached to an aromatic ring is 1. The van der Waals surface area contributed by atoms with Crippen molar-refractivity contribution >= 4 is 33.8 Å². The van der Waals surface area contributed by atoms with Crippen LogP contribution in [0.3, 0.4) is 0 Å². The monoisotopic (exact) mass is 569 g/mol. The molecule has 0 saturated carbocycles. The topological polar surface area (TPSA) is 141 Å². The number of hydrogen-bond donors (Lipinski definition) is 3. The summed E-state index contributed by atoms with van der Waals surface area (Å²) < 4.78 is 37.9. The molecule has 0 radical (unpaired) electrons. The lowest BCUT2D eigenvalue weighted by Gasteiger charge is -2.18. The van der Waals surface area contributed by atoms with Gasteiger partial charge in [-0.3, -0.25) is 15.0 Å². The highest BCUT2D eigenvalue weighted by atomic mass is 35.5. The van der Waals surface area contributed by atoms with Crippen LogP contribution < -0.4 is 20.7 Å². The Morgan fingerprint density at radius 2 is 1.77 bits per heavy atom. The molecule has 0 atom stereocenters. The molecule has 39 heavy (non-hydrogen) atoms. The summed E-state index contributed by atoms with van der Waals surface area (Å²) in [5.41, 5.74) is 11.4. The number of hydroxylamine groups is 1. The van der Waals surface area contributed by atoms with E-state index in [0.717, 1.165) is 11.1 Å². The fourth-order valence-corrected chi connectivity index (χ4v) is 6.02. The molecule has 0 bridgehead atoms. The fraction of sp³-hybridized carbons (Fsp3) is 0.143. The molecular weight excluding hydrogens is 542 g/mol. The highest BCUT2D eigenvalue weighted by Crippen LogP contribution is 2.39. The summed E-state index contributed by atoms with van der Waals surface area (Å²) in [5.74, 6) is 0.102. The second kappa shape index (κ2) is 12.2. The van der Waals surface area contributed by atoms with E-state index in [2.05, 4.69) is 4.98 Å². The number of benzene rings is 3. The van der Waals surface area contributed by atoms with E-state index < -0.39 is 15.7 Å². The van der Waals surface area contributed by atoms with Gasteiger partial charge in [0.25, 0.3) is 5.91 Å². The second-order valence-corrected chi connectivity index (χ2v) is 10.4. The van der Waals surface area contributed by atoms with Gasteiger partial charge in [-0.05, 0) is 72.1 Å². The number of sulfone groups is 1. The minimum absolute atomic E-state index is 0. The zero-order chi connectivity index (χ0) is 27.4. The number of hydrogen-bond acceptors (Lipinski definition) is 8. The first-order chi connectivity index (χ1) is 18.2. The Bertz CT molecular complexity index is 1590. The summed E-state index contributed by atoms with van der Waals surface area (Å²) in [6.07, 6.45) is 3.86. The lowest BCUT2D eigenvalue weighted by Crippen LogP contribution is -2.22. The molecule has 4 N–H and O–H groups in total. The van der Waals surface area contributed by atoms with Crippen molar-refractivity contribution in [3.8, 4) is 22.6 Å². The largest absolute Gasteiger partial charge is 0.497 e. The third-order valence-electron chi connectivity index (χ3n) is 6.21. The summed E-state index contributed by atoms with van der Waals surface area (Å²) in [6.45, 7) is 1.59. The maximum absolute atomic E-state index is 13.6. The number of nitrogens with one attached hydrogen (secondary N) is 1. The van der Waals surface area contributed by atoms with E-state index in [-0.39, 0.29) is 27.8 Å². The molecule has 11 heteroatoms. The zero-order valence-electron chi connectivity index (χ0n) is 21.5. The predicted octanol–water partition coefficient (Wildman–Crippen LogP) is 4.62. The van der Waals surface area contributed by atoms with Crippen LogP contribution in [-0.2, 0) is 16.3 Å². The molecule has 4 rings (SSSR count). The lowest BCUT2D eigenvalue weighted by molar-refractivity contribution is 0.0702. The van der Waals surface area contributed by atoms with Crippen LogP contribution in [0.2, 0.25) is 0 Å². The highest BCUT2D eigenvalue weighted by molar-refractivity contribution is 7.91. The number of anilines is 1. The molecule has 0 unspecified atom stereocenters. The number of nitrogens with two attached hydrogens (primary N) is 1. The van der Waals surface area contributed by atoms with Crippen molar-refractivity contribution in [2.45, 2.75) is 23.1 Å². The van der Waals surface area contributed by atoms with Crippen LogP contribution in [0.5, 0.6) is 11.5 Å². The molecule has 0 spiro atoms. The third kappa shape index (κ3) is 5.83. The van der Waals surface area contributed by atoms with E-state index in [1.807, 2.05) is 12.1 Å². The number of halogens is 1. The Hall–Kier alpha value is -4.12. The quantitative estimate of drug-likeness (QED) is 0.159. The van der Waals surface area contributed by atoms with Crippen molar-refractivity contribution in [3.05, 3.63) is 95.3 Å². The maximum atomic E-state index is 13.6. The first kappa shape index (κ1) is 29.4. The Morgan fingerprint density at radius 3 is 2.36 bits per heavy atom. The summed E-state index contributed by atoms with van der Waals surface area (Å²) in [4.78, 5) is 16.6. The van der Waals surface area contributed by atoms with Gasteiger partial charge in [0, 0.05) is 35.6 Å². The summed E-state index contributed by atoms with van der Waals surface area (Å²) in [5, 5.41) is 9.44. The molecule has 0 saturated heterocycles. The van der Waals surface area contributed by atoms with Gasteiger partial charge in [-0.25, -0.2) is 13.9 Å². The average Bonchev–Trinajstić information content (AvgIpc) is 2.93. The molecule has 1 amide bonds. The standard InChI is InChI=1S/C28H27N3O6S.ClH/c1-17-13-19(22-10-11-25(37-3)23(26(22)29)14-18-5-4-12-30-16-18)15-24(28(32)31-33)27(17)38(34,35)21-8-6-20(36-2)7-9-21;/h4-13,15-16,33H,14,29H2,1-3H3,(H,31,32);1H. The number of carbonyl (C=O) groups excluding carboxylic acids is 1. The number of nitrogens with zero attached hydrogens (tertiary/aromatic N) is 1. The molecule has 3 aromatic carbocycles. The molecule has 4 aromatic rings. The van der Waals surface area contributed by atoms with Crippen LogP contribution in [0.4, 0.5) is 5.69 Å². The van der Waals surface area contributed by atoms with Crippen LogP contribution in [0.25, 0.3) is 11.1 Å². The van der Waals surface area contributed by atoms with Crippen LogP contribution in [-0.4, -0.2) is 38.7 Å². The van der Waals surface area contributed by atoms with Crippen LogP contribution in [0, 0.1) is 6.92 Å². The van der Waals surface area contributed by atoms with Gasteiger partial charge in [0.2, 0.25) is 9.84 Å². The summed E-state index contributed by atoms with van der Waals surface area (Å²) in [6, 6.07) is 16.1. The minimum atomic E-state index is -4.13. The molecule has 0 fully saturated rings. The number of aromatic nitrogens is 1. The molecule has 0 aliphatic rings. The molecule has 0 aliphatic heterocycles. The molecule has 1 aromatic heterocycles. The minimum Gasteiger partial charge on any atom is -0.497 e. The van der Waals surface area contributed by atoms with Gasteiger partial charge in [0.15, 0.2) is 0 Å². The van der Waals surface area contributed by atoms with Crippen LogP contribution in [0.15, 0.2) is 82.8 Å². The number of rotatable bonds is 8. The van der Waals surface area contributed by atoms with Crippen molar-refractivity contribution < 1.29 is 27.9 Å². The van der Waals surface area contributed by atoms with E-state index in [4.69, 9.17) is 15.2 Å². The van der Waals surface area contributed by atoms with E-state index >= 15 is 0 Å². The number of carbonyl (C=O) groups is 1. The van der Waals surface area contributed by atoms with Gasteiger partial charge in [0.1, 0.15) is 11.5 Å². The maximum Gasteiger partial charge on any atom is 0.276 e. The summed E-state index contributed by atoms with van der Waals surface area (Å²) >= 11 is 0. The van der Waals surface area contributed by atoms with Crippen molar-refractivity contribution in [3.63, 3.8) is 0 Å². The van der Waals surface area contributed by atoms with Crippen molar-refractivity contribution in [1.82, 2.24) is 10.5 Å². The van der Waals surface area contributed by atoms with Gasteiger partial charge in [-0.2, -0.15) is 0 Å². The molecule has 0 aliphatic carbocycles. The number of amides is 1. The Kier molecular flexibility index (Phi) is 9.18. The normalized spacial score (nSPS) is 10.9. The fourth-order valence-electron chi connectivity index (χ4n) is 4.36. The molecule has 9 nitrogen and oxygen atoms in total. The van der Waals surface area contributed by atoms with E-state index in [9.17, 15) is 18.4 Å². The zero-order valence-corrected chi connectivity index (χ0v) is 23.1. The predicted molar refractivity (Wildman–Crippen MR) is 150 cm³/mol. The number of methoxy groups -OCH3 is 2. The third-order valence-corrected chi connectivity index (χ3v) is 8.18. The van der Waals surface area contributed by atoms with E-state index in [1.54, 1.807) is 50.1 Å². The van der Waals surface area contributed by atoms with Gasteiger partial charge < -0.3 is 15.2 Å². The van der Waals surface area contributed by atoms with Gasteiger partial charge in [-0.15, -0.1) is 12.4 Å². The SMILES string of the molecule is COc1ccc(S(=O)(=O)c2c(C)cc(-c3ccc(OC)c(Cc4cccnc4)c3N)cc2C(=O)NO)cc1.Cl. The Labute approximate surface area is 232 Å².